The monoisotopic (exact) mass is 1960 g/mol. The molecular weight excluding hydrogens is 1850 g/mol. The largest absolute Gasteiger partial charge is 0.496 e. The molecule has 1 unspecified atom stereocenters. The van der Waals surface area contributed by atoms with Gasteiger partial charge in [0.25, 0.3) is 5.91 Å². The van der Waals surface area contributed by atoms with Gasteiger partial charge in [-0.3, -0.25) is 62.7 Å². The quantitative estimate of drug-likeness (QED) is 0.00651. The van der Waals surface area contributed by atoms with Crippen LogP contribution < -0.4 is 36.9 Å². The zero-order valence-corrected chi connectivity index (χ0v) is 78.8. The Hall–Kier alpha value is -11.3. The summed E-state index contributed by atoms with van der Waals surface area (Å²) in [6, 6.07) is 14.1. The number of nitrogens with two attached hydrogens (primary N) is 1. The summed E-state index contributed by atoms with van der Waals surface area (Å²) in [5.74, 6) is -12.5. The van der Waals surface area contributed by atoms with Crippen LogP contribution in [0.25, 0.3) is 22.1 Å². The third-order valence-corrected chi connectivity index (χ3v) is 30.6. The van der Waals surface area contributed by atoms with Crippen molar-refractivity contribution in [1.82, 2.24) is 86.2 Å². The number of para-hydroxylation sites is 1. The number of methoxy groups -OCH3 is 1. The van der Waals surface area contributed by atoms with E-state index in [1.807, 2.05) is 49.1 Å². The fourth-order valence-corrected chi connectivity index (χ4v) is 23.6. The fourth-order valence-electron chi connectivity index (χ4n) is 20.9. The Morgan fingerprint density at radius 1 is 0.765 bits per heavy atom. The van der Waals surface area contributed by atoms with Crippen molar-refractivity contribution >= 4 is 129 Å². The van der Waals surface area contributed by atoms with E-state index >= 15 is 4.79 Å². The summed E-state index contributed by atoms with van der Waals surface area (Å²) in [5.41, 5.74) is 11.0. The molecule has 1 spiro atoms. The molecule has 15 atom stereocenters. The number of benzene rings is 3. The Balaban J connectivity index is 0.610. The molecule has 15 N–H and O–H groups in total. The number of anilines is 2. The molecule has 6 aliphatic rings. The minimum Gasteiger partial charge on any atom is -0.496 e. The van der Waals surface area contributed by atoms with Crippen molar-refractivity contribution in [1.29, 1.82) is 0 Å². The third kappa shape index (κ3) is 22.0. The van der Waals surface area contributed by atoms with Crippen LogP contribution in [0, 0.1) is 29.1 Å². The zero-order chi connectivity index (χ0) is 97.7. The number of aliphatic hydroxyl groups excluding tert-OH is 1. The number of ketones is 3. The van der Waals surface area contributed by atoms with Crippen LogP contribution in [0.5, 0.6) is 11.6 Å². The summed E-state index contributed by atoms with van der Waals surface area (Å²) in [7, 11) is -4.28. The lowest BCUT2D eigenvalue weighted by Gasteiger charge is -2.63. The first kappa shape index (κ1) is 101. The van der Waals surface area contributed by atoms with Gasteiger partial charge in [0, 0.05) is 163 Å². The number of aromatic nitrogens is 11. The number of aromatic amines is 1. The Kier molecular flexibility index (Phi) is 30.8. The Morgan fingerprint density at radius 2 is 1.44 bits per heavy atom. The van der Waals surface area contributed by atoms with Crippen molar-refractivity contribution in [3.63, 3.8) is 0 Å². The molecule has 0 radical (unpaired) electrons. The Morgan fingerprint density at radius 3 is 2.10 bits per heavy atom. The molecule has 3 fully saturated rings. The summed E-state index contributed by atoms with van der Waals surface area (Å²) in [6.45, 7) is 8.58. The summed E-state index contributed by atoms with van der Waals surface area (Å²) in [4.78, 5) is 152. The topological polar surface area (TPSA) is 633 Å². The summed E-state index contributed by atoms with van der Waals surface area (Å²) < 4.78 is 86.3. The molecule has 732 valence electrons. The van der Waals surface area contributed by atoms with Gasteiger partial charge in [0.2, 0.25) is 23.6 Å². The number of H-pyrrole nitrogens is 1. The SMILES string of the molecule is CC[C@]1(O)C[C@H]2CN(CCc3c([nH]c4ccccc34)[C@@](C)(c3cc4c(cc3OC)N(C)[C@H]3[C@@](O)(C(=O)NNC(=O)OCCSSC[C@H](CC(=O)[C@H](Cc5cn(CCOS(=O)(=O)O)nn5)NC(=O)[C@H](C)CC(=O)[C@H](Cc5cn(CCOS(=O)(=O)O)nn5)NC(=O)CC[C@H](CC(=O)c5ccc(CCc6cnc7nc(N)nc(O)c7n6)cc5)C(=O)O)C(=O)O)[C@H](O)[C@]5(CC)C=CCN6CC[C@]43[C@@H]65)C2)C1. The molecule has 8 aromatic rings. The molecule has 136 heavy (non-hydrogen) atoms. The van der Waals surface area contributed by atoms with Crippen molar-refractivity contribution in [3.05, 3.63) is 142 Å². The number of aromatic hydroxyl groups is 1. The fraction of sp³-hybridized carbons (Fsp3) is 0.534. The van der Waals surface area contributed by atoms with Crippen LogP contribution in [0.15, 0.2) is 91.4 Å². The Labute approximate surface area is 789 Å². The number of carbonyl (C=O) groups excluding carboxylic acids is 7. The maximum atomic E-state index is 15.4. The van der Waals surface area contributed by atoms with Gasteiger partial charge in [0.05, 0.1) is 92.3 Å². The van der Waals surface area contributed by atoms with Gasteiger partial charge in [-0.1, -0.05) is 107 Å². The van der Waals surface area contributed by atoms with Crippen LogP contribution in [-0.4, -0.2) is 294 Å². The number of ether oxygens (including phenoxy) is 2. The number of aliphatic carboxylic acids is 2. The molecule has 14 rings (SSSR count). The molecule has 1 aliphatic carbocycles. The highest BCUT2D eigenvalue weighted by atomic mass is 33.1. The number of carboxylic acids is 2. The number of carboxylic acid groups (broad SMARTS) is 2. The number of piperidine rings is 1. The summed E-state index contributed by atoms with van der Waals surface area (Å²) in [6.07, 6.45) is 5.26. The molecule has 1 saturated carbocycles. The number of nitrogen functional groups attached to an aromatic ring is 1. The number of likely N-dealkylation sites (N-methyl/N-ethyl adjacent to an activating group) is 1. The predicted molar refractivity (Wildman–Crippen MR) is 490 cm³/mol. The molecule has 44 nitrogen and oxygen atoms in total. The molecule has 4 amide bonds. The number of Topliss-reactive ketones (excluding diaryl/α,β-unsaturated/α-hetero) is 3. The van der Waals surface area contributed by atoms with Crippen molar-refractivity contribution in [2.75, 3.05) is 88.8 Å². The first-order chi connectivity index (χ1) is 64.6. The summed E-state index contributed by atoms with van der Waals surface area (Å²) in [5, 5.41) is 92.1. The van der Waals surface area contributed by atoms with Crippen molar-refractivity contribution in [3.8, 4) is 11.6 Å². The zero-order valence-electron chi connectivity index (χ0n) is 75.5. The second-order valence-electron chi connectivity index (χ2n) is 36.0. The van der Waals surface area contributed by atoms with E-state index < -0.39 is 213 Å². The molecule has 48 heteroatoms. The van der Waals surface area contributed by atoms with Gasteiger partial charge in [0.15, 0.2) is 34.1 Å². The minimum absolute atomic E-state index is 0.000783. The van der Waals surface area contributed by atoms with E-state index in [2.05, 4.69) is 110 Å². The number of nitrogens with zero attached hydrogens (tertiary/aromatic N) is 13. The van der Waals surface area contributed by atoms with E-state index in [9.17, 15) is 85.8 Å². The maximum Gasteiger partial charge on any atom is 0.426 e. The number of amides is 4. The minimum atomic E-state index is -4.88. The van der Waals surface area contributed by atoms with Crippen molar-refractivity contribution in [2.24, 2.45) is 29.1 Å². The molecule has 2 bridgehead atoms. The molecule has 2 saturated heterocycles. The van der Waals surface area contributed by atoms with E-state index in [0.29, 0.717) is 81.7 Å². The number of hydrogen-bond acceptors (Lipinski definition) is 35. The molecule has 10 heterocycles. The lowest BCUT2D eigenvalue weighted by atomic mass is 9.47. The van der Waals surface area contributed by atoms with E-state index in [-0.39, 0.29) is 71.2 Å². The smallest absolute Gasteiger partial charge is 0.426 e. The number of carbonyl (C=O) groups is 9. The van der Waals surface area contributed by atoms with E-state index in [1.165, 1.54) is 43.2 Å². The Bertz CT molecular complexity index is 6130. The number of aliphatic hydroxyl groups is 3. The van der Waals surface area contributed by atoms with E-state index in [0.717, 1.165) is 83.7 Å². The number of hydrogen-bond donors (Lipinski definition) is 14. The lowest BCUT2D eigenvalue weighted by molar-refractivity contribution is -0.204. The first-order valence-corrected chi connectivity index (χ1v) is 49.8. The number of fused-ring (bicyclic) bond motifs is 7. The van der Waals surface area contributed by atoms with Crippen LogP contribution in [0.1, 0.15) is 147 Å². The van der Waals surface area contributed by atoms with Gasteiger partial charge in [-0.25, -0.2) is 37.9 Å². The number of nitrogens with one attached hydrogen (secondary N) is 5. The number of hydrazine groups is 1. The molecule has 5 aliphatic heterocycles. The van der Waals surface area contributed by atoms with E-state index in [1.54, 1.807) is 26.3 Å². The van der Waals surface area contributed by atoms with Gasteiger partial charge in [-0.05, 0) is 106 Å². The van der Waals surface area contributed by atoms with Gasteiger partial charge in [-0.2, -0.15) is 26.8 Å². The van der Waals surface area contributed by atoms with Crippen LogP contribution in [0.2, 0.25) is 0 Å². The number of rotatable bonds is 43. The first-order valence-electron chi connectivity index (χ1n) is 44.6. The van der Waals surface area contributed by atoms with Crippen LogP contribution in [0.3, 0.4) is 0 Å². The van der Waals surface area contributed by atoms with Crippen LogP contribution in [-0.2, 0) is 123 Å². The maximum absolute atomic E-state index is 15.4. The number of aryl methyl sites for hydroxylation is 2. The van der Waals surface area contributed by atoms with E-state index in [4.69, 9.17) is 24.3 Å². The second kappa shape index (κ2) is 41.6. The van der Waals surface area contributed by atoms with Gasteiger partial charge >= 0.3 is 38.8 Å². The third-order valence-electron chi connectivity index (χ3n) is 27.2. The standard InChI is InChI=1S/C88H111N19O25S4/c1-7-85(121)42-51-41-84(4,72-59(22-26-104(44-51)48-85)58-12-9-10-13-62(58)93-72)61-39-60-65(40-69(61)129-6)103(5)79-87(60)24-27-105-25-11-23-86(8-2,78(87)105)80(118)88(79,122)81(119)99-100-83(120)130-32-33-133-134-47-54(77(116)117)36-68(110)64(38-57-46-107(102-98-57)29-31-132-136(126,127)128)94-74(112)49(3)34-67(109)63(37-56-45-106(101-97-56)28-30-131-135(123,124)125)92-70(111)21-19-53(76(114)115)35-66(108)52-17-14-50(15-18-52)16-20-55-43-90-73-71(91-55)75(113)96-82(89)95-73/h9-15,17-18,23,39-40,43,45-46,49,51,53-54,63-64,78-80,93,118,121-122H,7-8,16,19-22,24-38,41-42,44,47-48H2,1-6H3,(H,92,111)(H,94,112)(H,99,119)(H,100,120)(H,114,115)(H,116,117)(H,123,124,125)(H,126,127,128)(H3,89,90,95,96,113)/t49-,51+,53-,54+,63+,64+,78+,79-,80-,84-,85+,86-,87-,88+/m1/s1. The average molecular weight is 1960 g/mol. The lowest BCUT2D eigenvalue weighted by Crippen LogP contribution is -2.82. The molecular formula is C88H111N19O25S4. The highest BCUT2D eigenvalue weighted by Crippen LogP contribution is 2.68. The van der Waals surface area contributed by atoms with Gasteiger partial charge in [-0.15, -0.1) is 10.2 Å². The van der Waals surface area contributed by atoms with Crippen LogP contribution in [0.4, 0.5) is 16.4 Å². The highest BCUT2D eigenvalue weighted by Gasteiger charge is 2.79. The average Bonchev–Trinajstić information content (AvgIpc) is 1.47. The van der Waals surface area contributed by atoms with Crippen molar-refractivity contribution < 1.29 is 118 Å². The summed E-state index contributed by atoms with van der Waals surface area (Å²) >= 11 is 0. The predicted octanol–water partition coefficient (Wildman–Crippen LogP) is 3.33. The molecule has 5 aromatic heterocycles. The van der Waals surface area contributed by atoms with Crippen molar-refractivity contribution in [2.45, 2.75) is 189 Å². The van der Waals surface area contributed by atoms with Gasteiger partial charge < -0.3 is 66.4 Å². The molecule has 3 aromatic carbocycles. The van der Waals surface area contributed by atoms with Gasteiger partial charge in [0.1, 0.15) is 18.5 Å². The second-order valence-corrected chi connectivity index (χ2v) is 40.8. The normalized spacial score (nSPS) is 24.0. The van der Waals surface area contributed by atoms with Crippen LogP contribution >= 0.6 is 21.6 Å². The highest BCUT2D eigenvalue weighted by molar-refractivity contribution is 8.76.